The first-order valence-electron chi connectivity index (χ1n) is 5.89. The molecule has 1 atom stereocenters. The zero-order chi connectivity index (χ0) is 14.0. The highest BCUT2D eigenvalue weighted by atomic mass is 19.4. The number of alkyl halides is 3. The highest BCUT2D eigenvalue weighted by Crippen LogP contribution is 2.30. The van der Waals surface area contributed by atoms with E-state index in [2.05, 4.69) is 4.98 Å². The number of carboxylic acids is 1. The number of halogens is 3. The van der Waals surface area contributed by atoms with E-state index in [1.807, 2.05) is 0 Å². The quantitative estimate of drug-likeness (QED) is 0.899. The lowest BCUT2D eigenvalue weighted by atomic mass is 9.98. The Kier molecular flexibility index (Phi) is 3.64. The lowest BCUT2D eigenvalue weighted by Crippen LogP contribution is -2.39. The van der Waals surface area contributed by atoms with Gasteiger partial charge >= 0.3 is 12.1 Å². The molecule has 0 spiro atoms. The van der Waals surface area contributed by atoms with Gasteiger partial charge in [0.2, 0.25) is 0 Å². The minimum atomic E-state index is -4.41. The number of nitrogens with zero attached hydrogens (tertiary/aromatic N) is 2. The van der Waals surface area contributed by atoms with Crippen LogP contribution >= 0.6 is 0 Å². The highest BCUT2D eigenvalue weighted by molar-refractivity contribution is 5.71. The largest absolute Gasteiger partial charge is 0.481 e. The van der Waals surface area contributed by atoms with Gasteiger partial charge in [0.15, 0.2) is 0 Å². The number of hydrogen-bond donors (Lipinski definition) is 1. The first-order valence-corrected chi connectivity index (χ1v) is 5.89. The van der Waals surface area contributed by atoms with Crippen molar-refractivity contribution in [3.8, 4) is 0 Å². The molecule has 1 aromatic heterocycles. The van der Waals surface area contributed by atoms with Crippen LogP contribution in [0, 0.1) is 5.92 Å². The molecule has 1 aliphatic rings. The van der Waals surface area contributed by atoms with E-state index in [9.17, 15) is 18.0 Å². The molecule has 0 saturated carbocycles. The third-order valence-electron chi connectivity index (χ3n) is 3.17. The van der Waals surface area contributed by atoms with Crippen LogP contribution in [0.5, 0.6) is 0 Å². The summed E-state index contributed by atoms with van der Waals surface area (Å²) >= 11 is 0. The molecule has 4 nitrogen and oxygen atoms in total. The summed E-state index contributed by atoms with van der Waals surface area (Å²) < 4.78 is 37.2. The van der Waals surface area contributed by atoms with Crippen molar-refractivity contribution in [3.05, 3.63) is 23.9 Å². The van der Waals surface area contributed by atoms with Gasteiger partial charge in [-0.1, -0.05) is 0 Å². The van der Waals surface area contributed by atoms with Gasteiger partial charge in [0.1, 0.15) is 5.82 Å². The van der Waals surface area contributed by atoms with Crippen LogP contribution in [0.4, 0.5) is 19.0 Å². The van der Waals surface area contributed by atoms with Gasteiger partial charge < -0.3 is 10.0 Å². The van der Waals surface area contributed by atoms with E-state index >= 15 is 0 Å². The van der Waals surface area contributed by atoms with Crippen LogP contribution in [0.1, 0.15) is 18.4 Å². The van der Waals surface area contributed by atoms with Crippen molar-refractivity contribution in [2.45, 2.75) is 19.0 Å². The monoisotopic (exact) mass is 274 g/mol. The lowest BCUT2D eigenvalue weighted by molar-refractivity contribution is -0.142. The Bertz CT molecular complexity index is 459. The minimum absolute atomic E-state index is 0.285. The Labute approximate surface area is 107 Å². The molecule has 0 radical (unpaired) electrons. The molecule has 1 saturated heterocycles. The van der Waals surface area contributed by atoms with Gasteiger partial charge in [-0.25, -0.2) is 4.98 Å². The zero-order valence-corrected chi connectivity index (χ0v) is 10.0. The average Bonchev–Trinajstić information content (AvgIpc) is 2.38. The molecule has 2 rings (SSSR count). The number of pyridine rings is 1. The molecule has 1 aliphatic heterocycles. The Morgan fingerprint density at radius 1 is 1.42 bits per heavy atom. The smallest absolute Gasteiger partial charge is 0.417 e. The van der Waals surface area contributed by atoms with E-state index in [1.165, 1.54) is 6.07 Å². The summed E-state index contributed by atoms with van der Waals surface area (Å²) in [7, 11) is 0. The number of piperidine rings is 1. The van der Waals surface area contributed by atoms with Gasteiger partial charge in [0, 0.05) is 19.3 Å². The van der Waals surface area contributed by atoms with Gasteiger partial charge in [-0.2, -0.15) is 13.2 Å². The molecule has 1 fully saturated rings. The van der Waals surface area contributed by atoms with Crippen LogP contribution in [0.25, 0.3) is 0 Å². The molecule has 0 aliphatic carbocycles. The van der Waals surface area contributed by atoms with E-state index in [1.54, 1.807) is 4.90 Å². The summed E-state index contributed by atoms with van der Waals surface area (Å²) in [5.41, 5.74) is -0.803. The summed E-state index contributed by atoms with van der Waals surface area (Å²) in [5, 5.41) is 8.96. The number of hydrogen-bond acceptors (Lipinski definition) is 3. The van der Waals surface area contributed by atoms with Crippen LogP contribution in [0.15, 0.2) is 18.3 Å². The third-order valence-corrected chi connectivity index (χ3v) is 3.17. The fourth-order valence-electron chi connectivity index (χ4n) is 2.13. The number of anilines is 1. The second-order valence-corrected chi connectivity index (χ2v) is 4.53. The molecule has 19 heavy (non-hydrogen) atoms. The van der Waals surface area contributed by atoms with E-state index in [-0.39, 0.29) is 6.54 Å². The van der Waals surface area contributed by atoms with Gasteiger partial charge in [0.25, 0.3) is 0 Å². The Morgan fingerprint density at radius 2 is 2.16 bits per heavy atom. The highest BCUT2D eigenvalue weighted by Gasteiger charge is 2.31. The maximum atomic E-state index is 12.4. The summed E-state index contributed by atoms with van der Waals surface area (Å²) in [6.45, 7) is 0.899. The predicted octanol–water partition coefficient (Wildman–Crippen LogP) is 2.40. The topological polar surface area (TPSA) is 53.4 Å². The van der Waals surface area contributed by atoms with Crippen LogP contribution < -0.4 is 4.90 Å². The maximum absolute atomic E-state index is 12.4. The molecule has 0 unspecified atom stereocenters. The molecule has 1 N–H and O–H groups in total. The van der Waals surface area contributed by atoms with E-state index < -0.39 is 23.6 Å². The summed E-state index contributed by atoms with van der Waals surface area (Å²) in [6, 6.07) is 2.25. The molecule has 1 aromatic rings. The van der Waals surface area contributed by atoms with Gasteiger partial charge in [-0.15, -0.1) is 0 Å². The van der Waals surface area contributed by atoms with Crippen molar-refractivity contribution in [2.24, 2.45) is 5.92 Å². The van der Waals surface area contributed by atoms with Gasteiger partial charge in [-0.05, 0) is 25.0 Å². The first-order chi connectivity index (χ1) is 8.88. The van der Waals surface area contributed by atoms with Crippen LogP contribution in [0.2, 0.25) is 0 Å². The van der Waals surface area contributed by atoms with E-state index in [4.69, 9.17) is 5.11 Å². The molecule has 2 heterocycles. The molecule has 0 bridgehead atoms. The summed E-state index contributed by atoms with van der Waals surface area (Å²) in [6.07, 6.45) is -2.34. The predicted molar refractivity (Wildman–Crippen MR) is 61.8 cm³/mol. The SMILES string of the molecule is O=C(O)[C@@H]1CCCN(c2ccc(C(F)(F)F)cn2)C1. The van der Waals surface area contributed by atoms with Gasteiger partial charge in [0.05, 0.1) is 11.5 Å². The van der Waals surface area contributed by atoms with Crippen molar-refractivity contribution >= 4 is 11.8 Å². The van der Waals surface area contributed by atoms with Crippen LogP contribution in [0.3, 0.4) is 0 Å². The zero-order valence-electron chi connectivity index (χ0n) is 10.0. The van der Waals surface area contributed by atoms with Crippen molar-refractivity contribution < 1.29 is 23.1 Å². The Balaban J connectivity index is 2.12. The molecule has 0 aromatic carbocycles. The number of aromatic nitrogens is 1. The number of aliphatic carboxylic acids is 1. The Hall–Kier alpha value is -1.79. The second kappa shape index (κ2) is 5.07. The summed E-state index contributed by atoms with van der Waals surface area (Å²) in [5.74, 6) is -0.978. The molecule has 104 valence electrons. The third kappa shape index (κ3) is 3.15. The maximum Gasteiger partial charge on any atom is 0.417 e. The van der Waals surface area contributed by atoms with Crippen molar-refractivity contribution in [3.63, 3.8) is 0 Å². The average molecular weight is 274 g/mol. The number of carbonyl (C=O) groups is 1. The molecule has 0 amide bonds. The van der Waals surface area contributed by atoms with Crippen LogP contribution in [-0.2, 0) is 11.0 Å². The normalized spacial score (nSPS) is 20.4. The van der Waals surface area contributed by atoms with Crippen molar-refractivity contribution in [1.82, 2.24) is 4.98 Å². The van der Waals surface area contributed by atoms with E-state index in [0.717, 1.165) is 12.3 Å². The minimum Gasteiger partial charge on any atom is -0.481 e. The lowest BCUT2D eigenvalue weighted by Gasteiger charge is -2.31. The standard InChI is InChI=1S/C12H13F3N2O2/c13-12(14,15)9-3-4-10(16-6-9)17-5-1-2-8(7-17)11(18)19/h3-4,6,8H,1-2,5,7H2,(H,18,19)/t8-/m1/s1. The van der Waals surface area contributed by atoms with Crippen molar-refractivity contribution in [2.75, 3.05) is 18.0 Å². The second-order valence-electron chi connectivity index (χ2n) is 4.53. The van der Waals surface area contributed by atoms with Crippen molar-refractivity contribution in [1.29, 1.82) is 0 Å². The number of rotatable bonds is 2. The Morgan fingerprint density at radius 3 is 2.68 bits per heavy atom. The first kappa shape index (κ1) is 13.6. The van der Waals surface area contributed by atoms with E-state index in [0.29, 0.717) is 25.2 Å². The van der Waals surface area contributed by atoms with Crippen LogP contribution in [-0.4, -0.2) is 29.1 Å². The summed E-state index contributed by atoms with van der Waals surface area (Å²) in [4.78, 5) is 16.4. The fourth-order valence-corrected chi connectivity index (χ4v) is 2.13. The molecular formula is C12H13F3N2O2. The fraction of sp³-hybridized carbons (Fsp3) is 0.500. The van der Waals surface area contributed by atoms with Gasteiger partial charge in [-0.3, -0.25) is 4.79 Å². The molecule has 7 heteroatoms. The number of carboxylic acid groups (broad SMARTS) is 1. The molecular weight excluding hydrogens is 261 g/mol.